The third-order valence-electron chi connectivity index (χ3n) is 5.00. The molecule has 0 aliphatic carbocycles. The van der Waals surface area contributed by atoms with E-state index in [1.54, 1.807) is 11.8 Å². The first kappa shape index (κ1) is 21.7. The Morgan fingerprint density at radius 2 is 1.69 bits per heavy atom. The molecule has 0 radical (unpaired) electrons. The van der Waals surface area contributed by atoms with Gasteiger partial charge in [0.1, 0.15) is 0 Å². The van der Waals surface area contributed by atoms with E-state index < -0.39 is 0 Å². The molecule has 29 heavy (non-hydrogen) atoms. The molecule has 0 unspecified atom stereocenters. The van der Waals surface area contributed by atoms with Crippen molar-refractivity contribution in [3.8, 4) is 0 Å². The zero-order chi connectivity index (χ0) is 20.8. The number of carbonyl (C=O) groups excluding carboxylic acids is 2. The topological polar surface area (TPSA) is 49.4 Å². The first-order valence-electron chi connectivity index (χ1n) is 9.99. The van der Waals surface area contributed by atoms with E-state index in [1.165, 1.54) is 10.5 Å². The Hall–Kier alpha value is -1.98. The normalized spacial score (nSPS) is 14.8. The highest BCUT2D eigenvalue weighted by Crippen LogP contribution is 2.25. The minimum absolute atomic E-state index is 0.00807. The smallest absolute Gasteiger partial charge is 0.253 e. The molecule has 0 atom stereocenters. The summed E-state index contributed by atoms with van der Waals surface area (Å²) in [7, 11) is 0. The molecule has 0 saturated carbocycles. The molecule has 2 amide bonds. The van der Waals surface area contributed by atoms with Gasteiger partial charge in [0, 0.05) is 46.3 Å². The van der Waals surface area contributed by atoms with Crippen LogP contribution in [0.4, 0.5) is 0 Å². The molecule has 4 nitrogen and oxygen atoms in total. The van der Waals surface area contributed by atoms with Crippen LogP contribution in [0.2, 0.25) is 5.02 Å². The summed E-state index contributed by atoms with van der Waals surface area (Å²) in [6.45, 7) is 5.19. The maximum Gasteiger partial charge on any atom is 0.253 e. The van der Waals surface area contributed by atoms with Gasteiger partial charge in [0.25, 0.3) is 5.91 Å². The molecule has 0 bridgehead atoms. The van der Waals surface area contributed by atoms with Crippen LogP contribution in [0, 0.1) is 5.92 Å². The Morgan fingerprint density at radius 1 is 1.07 bits per heavy atom. The summed E-state index contributed by atoms with van der Waals surface area (Å²) in [6, 6.07) is 15.8. The van der Waals surface area contributed by atoms with Gasteiger partial charge in [-0.05, 0) is 68.7 Å². The van der Waals surface area contributed by atoms with Gasteiger partial charge < -0.3 is 10.2 Å². The summed E-state index contributed by atoms with van der Waals surface area (Å²) in [5, 5.41) is 3.71. The van der Waals surface area contributed by atoms with Crippen molar-refractivity contribution in [1.29, 1.82) is 0 Å². The molecular formula is C23H27ClN2O2S. The van der Waals surface area contributed by atoms with Crippen molar-refractivity contribution >= 4 is 35.2 Å². The molecule has 1 N–H and O–H groups in total. The zero-order valence-corrected chi connectivity index (χ0v) is 18.4. The van der Waals surface area contributed by atoms with E-state index in [0.717, 1.165) is 23.6 Å². The molecule has 1 heterocycles. The van der Waals surface area contributed by atoms with Gasteiger partial charge in [-0.1, -0.05) is 23.7 Å². The highest BCUT2D eigenvalue weighted by atomic mass is 35.5. The lowest BCUT2D eigenvalue weighted by atomic mass is 9.95. The van der Waals surface area contributed by atoms with E-state index in [4.69, 9.17) is 11.6 Å². The second-order valence-electron chi connectivity index (χ2n) is 7.67. The Morgan fingerprint density at radius 3 is 2.28 bits per heavy atom. The maximum atomic E-state index is 12.8. The number of nitrogens with zero attached hydrogens (tertiary/aromatic N) is 1. The largest absolute Gasteiger partial charge is 0.354 e. The van der Waals surface area contributed by atoms with Crippen LogP contribution in [0.25, 0.3) is 0 Å². The van der Waals surface area contributed by atoms with Crippen molar-refractivity contribution in [2.45, 2.75) is 43.4 Å². The number of nitrogens with one attached hydrogen (secondary N) is 1. The van der Waals surface area contributed by atoms with Crippen LogP contribution in [0.15, 0.2) is 53.4 Å². The van der Waals surface area contributed by atoms with Gasteiger partial charge >= 0.3 is 0 Å². The van der Waals surface area contributed by atoms with Gasteiger partial charge in [-0.25, -0.2) is 0 Å². The molecule has 1 aliphatic rings. The number of halogens is 1. The first-order chi connectivity index (χ1) is 13.9. The van der Waals surface area contributed by atoms with Gasteiger partial charge in [0.2, 0.25) is 5.91 Å². The van der Waals surface area contributed by atoms with Gasteiger partial charge in [0.15, 0.2) is 0 Å². The fourth-order valence-electron chi connectivity index (χ4n) is 3.37. The number of benzene rings is 2. The average molecular weight is 431 g/mol. The minimum atomic E-state index is 0.00807. The summed E-state index contributed by atoms with van der Waals surface area (Å²) >= 11 is 7.66. The molecule has 1 aliphatic heterocycles. The van der Waals surface area contributed by atoms with E-state index in [2.05, 4.69) is 5.32 Å². The summed E-state index contributed by atoms with van der Waals surface area (Å²) in [5.41, 5.74) is 1.88. The lowest BCUT2D eigenvalue weighted by molar-refractivity contribution is -0.126. The predicted molar refractivity (Wildman–Crippen MR) is 119 cm³/mol. The molecular weight excluding hydrogens is 404 g/mol. The Labute approximate surface area is 182 Å². The Bertz CT molecular complexity index is 829. The van der Waals surface area contributed by atoms with E-state index in [-0.39, 0.29) is 23.8 Å². The maximum absolute atomic E-state index is 12.8. The molecule has 0 aromatic heterocycles. The highest BCUT2D eigenvalue weighted by Gasteiger charge is 2.27. The number of thioether (sulfide) groups is 1. The SMILES string of the molecule is CC(C)NC(=O)C1CCN(C(=O)c2ccc(CSc3ccc(Cl)cc3)cc2)CC1. The number of likely N-dealkylation sites (tertiary alicyclic amines) is 1. The quantitative estimate of drug-likeness (QED) is 0.655. The lowest BCUT2D eigenvalue weighted by Crippen LogP contribution is -2.44. The molecule has 154 valence electrons. The van der Waals surface area contributed by atoms with E-state index in [1.807, 2.05) is 67.3 Å². The Balaban J connectivity index is 1.50. The third-order valence-corrected chi connectivity index (χ3v) is 6.34. The number of hydrogen-bond acceptors (Lipinski definition) is 3. The van der Waals surface area contributed by atoms with Gasteiger partial charge in [0.05, 0.1) is 0 Å². The lowest BCUT2D eigenvalue weighted by Gasteiger charge is -2.31. The van der Waals surface area contributed by atoms with Crippen LogP contribution in [0.5, 0.6) is 0 Å². The second-order valence-corrected chi connectivity index (χ2v) is 9.15. The van der Waals surface area contributed by atoms with Crippen LogP contribution in [0.1, 0.15) is 42.6 Å². The first-order valence-corrected chi connectivity index (χ1v) is 11.4. The van der Waals surface area contributed by atoms with Crippen molar-refractivity contribution in [3.05, 3.63) is 64.7 Å². The van der Waals surface area contributed by atoms with Crippen LogP contribution in [0.3, 0.4) is 0 Å². The number of rotatable bonds is 6. The van der Waals surface area contributed by atoms with E-state index >= 15 is 0 Å². The molecule has 0 spiro atoms. The van der Waals surface area contributed by atoms with Crippen LogP contribution in [-0.4, -0.2) is 35.8 Å². The average Bonchev–Trinajstić information content (AvgIpc) is 2.73. The fourth-order valence-corrected chi connectivity index (χ4v) is 4.35. The van der Waals surface area contributed by atoms with Crippen LogP contribution in [-0.2, 0) is 10.5 Å². The van der Waals surface area contributed by atoms with Crippen molar-refractivity contribution in [3.63, 3.8) is 0 Å². The summed E-state index contributed by atoms with van der Waals surface area (Å²) in [4.78, 5) is 28.0. The molecule has 2 aromatic carbocycles. The molecule has 3 rings (SSSR count). The van der Waals surface area contributed by atoms with Crippen molar-refractivity contribution in [1.82, 2.24) is 10.2 Å². The monoisotopic (exact) mass is 430 g/mol. The molecule has 2 aromatic rings. The highest BCUT2D eigenvalue weighted by molar-refractivity contribution is 7.98. The van der Waals surface area contributed by atoms with Gasteiger partial charge in [-0.3, -0.25) is 9.59 Å². The van der Waals surface area contributed by atoms with Crippen LogP contribution >= 0.6 is 23.4 Å². The van der Waals surface area contributed by atoms with E-state index in [0.29, 0.717) is 18.7 Å². The van der Waals surface area contributed by atoms with Gasteiger partial charge in [-0.15, -0.1) is 11.8 Å². The second kappa shape index (κ2) is 10.2. The summed E-state index contributed by atoms with van der Waals surface area (Å²) in [5.74, 6) is 1.000. The molecule has 6 heteroatoms. The summed E-state index contributed by atoms with van der Waals surface area (Å²) < 4.78 is 0. The Kier molecular flexibility index (Phi) is 7.62. The predicted octanol–water partition coefficient (Wildman–Crippen LogP) is 5.01. The van der Waals surface area contributed by atoms with E-state index in [9.17, 15) is 9.59 Å². The minimum Gasteiger partial charge on any atom is -0.354 e. The number of piperidine rings is 1. The van der Waals surface area contributed by atoms with Crippen molar-refractivity contribution < 1.29 is 9.59 Å². The third kappa shape index (κ3) is 6.25. The zero-order valence-electron chi connectivity index (χ0n) is 16.9. The van der Waals surface area contributed by atoms with Crippen molar-refractivity contribution in [2.24, 2.45) is 5.92 Å². The number of carbonyl (C=O) groups is 2. The van der Waals surface area contributed by atoms with Gasteiger partial charge in [-0.2, -0.15) is 0 Å². The fraction of sp³-hybridized carbons (Fsp3) is 0.391. The number of hydrogen-bond donors (Lipinski definition) is 1. The van der Waals surface area contributed by atoms with Crippen LogP contribution < -0.4 is 5.32 Å². The standard InChI is InChI=1S/C23H27ClN2O2S/c1-16(2)25-22(27)18-11-13-26(14-12-18)23(28)19-5-3-17(4-6-19)15-29-21-9-7-20(24)8-10-21/h3-10,16,18H,11-15H2,1-2H3,(H,25,27). The molecule has 1 fully saturated rings. The summed E-state index contributed by atoms with van der Waals surface area (Å²) in [6.07, 6.45) is 1.44. The van der Waals surface area contributed by atoms with Crippen molar-refractivity contribution in [2.75, 3.05) is 13.1 Å². The molecule has 1 saturated heterocycles. The number of amides is 2.